The van der Waals surface area contributed by atoms with Crippen LogP contribution in [0, 0.1) is 0 Å². The number of fused-ring (bicyclic) bond motifs is 1. The van der Waals surface area contributed by atoms with Crippen molar-refractivity contribution in [3.8, 4) is 11.5 Å². The molecule has 1 amide bonds. The van der Waals surface area contributed by atoms with E-state index in [0.29, 0.717) is 25.3 Å². The molecule has 2 aromatic carbocycles. The van der Waals surface area contributed by atoms with E-state index in [-0.39, 0.29) is 12.7 Å². The number of hydrogen-bond donors (Lipinski definition) is 0. The fourth-order valence-electron chi connectivity index (χ4n) is 3.06. The average Bonchev–Trinajstić information content (AvgIpc) is 3.17. The van der Waals surface area contributed by atoms with Crippen molar-refractivity contribution in [2.45, 2.75) is 19.5 Å². The Kier molecular flexibility index (Phi) is 5.01. The fraction of sp³-hybridized carbons (Fsp3) is 0.182. The van der Waals surface area contributed by atoms with E-state index in [4.69, 9.17) is 9.47 Å². The lowest BCUT2D eigenvalue weighted by molar-refractivity contribution is -0.131. The van der Waals surface area contributed by atoms with Gasteiger partial charge in [-0.1, -0.05) is 42.5 Å². The standard InChI is InChI=1S/C22H20N2O3/c25-22(13-18-9-10-20-21(12-18)27-16-26-20)24(14-17-6-2-1-3-7-17)15-19-8-4-5-11-23-19/h1-12H,13-16H2. The Morgan fingerprint density at radius 3 is 2.52 bits per heavy atom. The molecule has 0 aliphatic carbocycles. The normalized spacial score (nSPS) is 12.0. The van der Waals surface area contributed by atoms with Gasteiger partial charge in [0, 0.05) is 12.7 Å². The summed E-state index contributed by atoms with van der Waals surface area (Å²) in [5, 5.41) is 0. The number of pyridine rings is 1. The first-order valence-electron chi connectivity index (χ1n) is 8.88. The molecule has 0 atom stereocenters. The van der Waals surface area contributed by atoms with E-state index in [0.717, 1.165) is 22.6 Å². The summed E-state index contributed by atoms with van der Waals surface area (Å²) in [6.45, 7) is 1.24. The van der Waals surface area contributed by atoms with E-state index in [1.165, 1.54) is 0 Å². The van der Waals surface area contributed by atoms with Gasteiger partial charge in [0.25, 0.3) is 0 Å². The van der Waals surface area contributed by atoms with Crippen LogP contribution in [0.1, 0.15) is 16.8 Å². The number of benzene rings is 2. The fourth-order valence-corrected chi connectivity index (χ4v) is 3.06. The van der Waals surface area contributed by atoms with Crippen molar-refractivity contribution in [3.05, 3.63) is 89.7 Å². The second kappa shape index (κ2) is 7.91. The van der Waals surface area contributed by atoms with Gasteiger partial charge in [0.1, 0.15) is 0 Å². The molecule has 1 aliphatic heterocycles. The Morgan fingerprint density at radius 2 is 1.70 bits per heavy atom. The molecule has 27 heavy (non-hydrogen) atoms. The molecule has 0 unspecified atom stereocenters. The van der Waals surface area contributed by atoms with Crippen LogP contribution in [0.15, 0.2) is 72.9 Å². The molecule has 3 aromatic rings. The number of aromatic nitrogens is 1. The summed E-state index contributed by atoms with van der Waals surface area (Å²) < 4.78 is 10.8. The topological polar surface area (TPSA) is 51.7 Å². The number of carbonyl (C=O) groups is 1. The van der Waals surface area contributed by atoms with Gasteiger partial charge in [-0.25, -0.2) is 0 Å². The van der Waals surface area contributed by atoms with Crippen LogP contribution in [-0.4, -0.2) is 22.6 Å². The highest BCUT2D eigenvalue weighted by Crippen LogP contribution is 2.32. The van der Waals surface area contributed by atoms with Crippen molar-refractivity contribution in [2.75, 3.05) is 6.79 Å². The smallest absolute Gasteiger partial charge is 0.231 e. The molecule has 0 saturated heterocycles. The van der Waals surface area contributed by atoms with Gasteiger partial charge in [0.15, 0.2) is 11.5 Å². The molecule has 4 rings (SSSR count). The Morgan fingerprint density at radius 1 is 0.889 bits per heavy atom. The van der Waals surface area contributed by atoms with Crippen molar-refractivity contribution in [1.29, 1.82) is 0 Å². The number of ether oxygens (including phenoxy) is 2. The molecule has 0 radical (unpaired) electrons. The second-order valence-electron chi connectivity index (χ2n) is 6.42. The zero-order valence-corrected chi connectivity index (χ0v) is 14.9. The van der Waals surface area contributed by atoms with Crippen LogP contribution in [0.5, 0.6) is 11.5 Å². The highest BCUT2D eigenvalue weighted by molar-refractivity contribution is 5.79. The summed E-state index contributed by atoms with van der Waals surface area (Å²) in [5.41, 5.74) is 2.86. The van der Waals surface area contributed by atoms with Gasteiger partial charge < -0.3 is 14.4 Å². The lowest BCUT2D eigenvalue weighted by Gasteiger charge is -2.23. The van der Waals surface area contributed by atoms with E-state index >= 15 is 0 Å². The predicted octanol–water partition coefficient (Wildman–Crippen LogP) is 3.58. The van der Waals surface area contributed by atoms with Gasteiger partial charge in [-0.15, -0.1) is 0 Å². The highest BCUT2D eigenvalue weighted by Gasteiger charge is 2.18. The summed E-state index contributed by atoms with van der Waals surface area (Å²) in [7, 11) is 0. The van der Waals surface area contributed by atoms with E-state index in [1.807, 2.05) is 71.6 Å². The van der Waals surface area contributed by atoms with Gasteiger partial charge in [-0.3, -0.25) is 9.78 Å². The molecule has 1 aliphatic rings. The number of rotatable bonds is 6. The average molecular weight is 360 g/mol. The van der Waals surface area contributed by atoms with Gasteiger partial charge in [0.2, 0.25) is 12.7 Å². The van der Waals surface area contributed by atoms with Crippen molar-refractivity contribution in [3.63, 3.8) is 0 Å². The maximum Gasteiger partial charge on any atom is 0.231 e. The van der Waals surface area contributed by atoms with E-state index < -0.39 is 0 Å². The maximum atomic E-state index is 13.0. The first-order valence-corrected chi connectivity index (χ1v) is 8.88. The van der Waals surface area contributed by atoms with Crippen molar-refractivity contribution >= 4 is 5.91 Å². The van der Waals surface area contributed by atoms with E-state index in [1.54, 1.807) is 6.20 Å². The third-order valence-corrected chi connectivity index (χ3v) is 4.44. The summed E-state index contributed by atoms with van der Waals surface area (Å²) in [6, 6.07) is 21.4. The Bertz CT molecular complexity index is 872. The van der Waals surface area contributed by atoms with Crippen LogP contribution in [0.2, 0.25) is 0 Å². The quantitative estimate of drug-likeness (QED) is 0.674. The summed E-state index contributed by atoms with van der Waals surface area (Å²) in [5.74, 6) is 1.46. The van der Waals surface area contributed by atoms with Gasteiger partial charge in [0.05, 0.1) is 18.7 Å². The van der Waals surface area contributed by atoms with Gasteiger partial charge in [-0.2, -0.15) is 0 Å². The maximum absolute atomic E-state index is 13.0. The SMILES string of the molecule is O=C(Cc1ccc2c(c1)OCO2)N(Cc1ccccc1)Cc1ccccn1. The molecule has 5 nitrogen and oxygen atoms in total. The molecule has 0 bridgehead atoms. The number of amides is 1. The largest absolute Gasteiger partial charge is 0.454 e. The number of nitrogens with zero attached hydrogens (tertiary/aromatic N) is 2. The minimum Gasteiger partial charge on any atom is -0.454 e. The van der Waals surface area contributed by atoms with Crippen molar-refractivity contribution < 1.29 is 14.3 Å². The van der Waals surface area contributed by atoms with Gasteiger partial charge in [-0.05, 0) is 35.4 Å². The van der Waals surface area contributed by atoms with Crippen LogP contribution in [0.3, 0.4) is 0 Å². The molecule has 0 saturated carbocycles. The van der Waals surface area contributed by atoms with Crippen molar-refractivity contribution in [1.82, 2.24) is 9.88 Å². The number of carbonyl (C=O) groups excluding carboxylic acids is 1. The zero-order valence-electron chi connectivity index (χ0n) is 14.9. The van der Waals surface area contributed by atoms with Crippen LogP contribution in [0.25, 0.3) is 0 Å². The minimum atomic E-state index is 0.0448. The third kappa shape index (κ3) is 4.26. The molecular weight excluding hydrogens is 340 g/mol. The molecule has 0 spiro atoms. The predicted molar refractivity (Wildman–Crippen MR) is 101 cm³/mol. The molecule has 5 heteroatoms. The molecule has 0 fully saturated rings. The molecule has 2 heterocycles. The van der Waals surface area contributed by atoms with Crippen molar-refractivity contribution in [2.24, 2.45) is 0 Å². The summed E-state index contributed by atoms with van der Waals surface area (Å²) >= 11 is 0. The van der Waals surface area contributed by atoms with E-state index in [9.17, 15) is 4.79 Å². The lowest BCUT2D eigenvalue weighted by atomic mass is 10.1. The lowest BCUT2D eigenvalue weighted by Crippen LogP contribution is -2.31. The van der Waals surface area contributed by atoms with Crippen LogP contribution < -0.4 is 9.47 Å². The zero-order chi connectivity index (χ0) is 18.5. The molecular formula is C22H20N2O3. The Balaban J connectivity index is 1.52. The van der Waals surface area contributed by atoms with Crippen LogP contribution in [0.4, 0.5) is 0 Å². The van der Waals surface area contributed by atoms with Crippen LogP contribution in [-0.2, 0) is 24.3 Å². The third-order valence-electron chi connectivity index (χ3n) is 4.44. The molecule has 136 valence electrons. The Labute approximate surface area is 158 Å². The monoisotopic (exact) mass is 360 g/mol. The molecule has 1 aromatic heterocycles. The first-order chi connectivity index (χ1) is 13.3. The second-order valence-corrected chi connectivity index (χ2v) is 6.42. The Hall–Kier alpha value is -3.34. The minimum absolute atomic E-state index is 0.0448. The molecule has 0 N–H and O–H groups in total. The highest BCUT2D eigenvalue weighted by atomic mass is 16.7. The summed E-state index contributed by atoms with van der Waals surface area (Å²) in [6.07, 6.45) is 2.05. The van der Waals surface area contributed by atoms with Gasteiger partial charge >= 0.3 is 0 Å². The first kappa shape index (κ1) is 17.1. The number of hydrogen-bond acceptors (Lipinski definition) is 4. The summed E-state index contributed by atoms with van der Waals surface area (Å²) in [4.78, 5) is 19.2. The van der Waals surface area contributed by atoms with E-state index in [2.05, 4.69) is 4.98 Å². The van der Waals surface area contributed by atoms with Crippen LogP contribution >= 0.6 is 0 Å².